The summed E-state index contributed by atoms with van der Waals surface area (Å²) in [7, 11) is 0. The van der Waals surface area contributed by atoms with Gasteiger partial charge in [-0.3, -0.25) is 4.79 Å². The van der Waals surface area contributed by atoms with Gasteiger partial charge in [0.15, 0.2) is 0 Å². The van der Waals surface area contributed by atoms with Crippen molar-refractivity contribution in [3.8, 4) is 0 Å². The zero-order valence-electron chi connectivity index (χ0n) is 11.2. The van der Waals surface area contributed by atoms with Gasteiger partial charge in [0.2, 0.25) is 0 Å². The first kappa shape index (κ1) is 15.1. The van der Waals surface area contributed by atoms with Gasteiger partial charge in [-0.05, 0) is 53.1 Å². The number of piperidine rings is 1. The zero-order chi connectivity index (χ0) is 14.7. The van der Waals surface area contributed by atoms with Gasteiger partial charge in [0.05, 0.1) is 5.92 Å². The fourth-order valence-corrected chi connectivity index (χ4v) is 3.01. The van der Waals surface area contributed by atoms with Crippen molar-refractivity contribution in [2.45, 2.75) is 13.3 Å². The van der Waals surface area contributed by atoms with Crippen LogP contribution in [0.3, 0.4) is 0 Å². The summed E-state index contributed by atoms with van der Waals surface area (Å²) in [5.41, 5.74) is 0.729. The van der Waals surface area contributed by atoms with Crippen molar-refractivity contribution in [3.63, 3.8) is 0 Å². The molecule has 0 saturated carbocycles. The van der Waals surface area contributed by atoms with Crippen molar-refractivity contribution < 1.29 is 14.7 Å². The number of carboxylic acid groups (broad SMARTS) is 1. The van der Waals surface area contributed by atoms with E-state index in [1.165, 1.54) is 0 Å². The van der Waals surface area contributed by atoms with Gasteiger partial charge in [0.25, 0.3) is 0 Å². The van der Waals surface area contributed by atoms with Crippen LogP contribution in [0.25, 0.3) is 0 Å². The number of nitrogens with zero attached hydrogens (tertiary/aromatic N) is 1. The van der Waals surface area contributed by atoms with E-state index in [1.807, 2.05) is 31.2 Å². The fraction of sp³-hybridized carbons (Fsp3) is 0.429. The summed E-state index contributed by atoms with van der Waals surface area (Å²) < 4.78 is 1.04. The number of aliphatic carboxylic acids is 1. The molecule has 108 valence electrons. The lowest BCUT2D eigenvalue weighted by Crippen LogP contribution is -2.47. The summed E-state index contributed by atoms with van der Waals surface area (Å²) >= 11 is 2.18. The number of carbonyl (C=O) groups excluding carboxylic acids is 1. The molecular formula is C14H17IN2O3. The highest BCUT2D eigenvalue weighted by Gasteiger charge is 2.31. The first-order valence-electron chi connectivity index (χ1n) is 6.50. The van der Waals surface area contributed by atoms with Crippen LogP contribution in [0.1, 0.15) is 13.3 Å². The van der Waals surface area contributed by atoms with Crippen molar-refractivity contribution in [1.29, 1.82) is 0 Å². The molecule has 1 saturated heterocycles. The molecule has 1 aliphatic heterocycles. The standard InChI is InChI=1S/C14H17IN2O3/c1-9-5-10(13(18)19)8-17(7-9)14(20)16-12-4-2-3-11(15)6-12/h2-4,6,9-10H,5,7-8H2,1H3,(H,16,20)(H,18,19). The van der Waals surface area contributed by atoms with Crippen molar-refractivity contribution in [2.75, 3.05) is 18.4 Å². The predicted octanol–water partition coefficient (Wildman–Crippen LogP) is 2.87. The molecule has 0 radical (unpaired) electrons. The molecule has 2 atom stereocenters. The number of halogens is 1. The highest BCUT2D eigenvalue weighted by molar-refractivity contribution is 14.1. The quantitative estimate of drug-likeness (QED) is 0.766. The van der Waals surface area contributed by atoms with Crippen LogP contribution < -0.4 is 5.32 Å². The molecule has 1 aromatic carbocycles. The van der Waals surface area contributed by atoms with Crippen LogP contribution in [0.5, 0.6) is 0 Å². The molecule has 0 bridgehead atoms. The number of rotatable bonds is 2. The lowest BCUT2D eigenvalue weighted by Gasteiger charge is -2.34. The van der Waals surface area contributed by atoms with Crippen molar-refractivity contribution in [3.05, 3.63) is 27.8 Å². The maximum Gasteiger partial charge on any atom is 0.321 e. The minimum Gasteiger partial charge on any atom is -0.481 e. The maximum absolute atomic E-state index is 12.2. The number of amides is 2. The smallest absolute Gasteiger partial charge is 0.321 e. The Kier molecular flexibility index (Phi) is 4.85. The van der Waals surface area contributed by atoms with E-state index in [-0.39, 0.29) is 18.5 Å². The van der Waals surface area contributed by atoms with Gasteiger partial charge in [0.1, 0.15) is 0 Å². The molecule has 1 aromatic rings. The normalized spacial score (nSPS) is 22.4. The SMILES string of the molecule is CC1CC(C(=O)O)CN(C(=O)Nc2cccc(I)c2)C1. The molecular weight excluding hydrogens is 371 g/mol. The molecule has 2 amide bonds. The summed E-state index contributed by atoms with van der Waals surface area (Å²) in [6.45, 7) is 2.84. The molecule has 2 rings (SSSR count). The number of hydrogen-bond donors (Lipinski definition) is 2. The van der Waals surface area contributed by atoms with Crippen molar-refractivity contribution >= 4 is 40.3 Å². The number of benzene rings is 1. The molecule has 1 aliphatic rings. The van der Waals surface area contributed by atoms with Crippen LogP contribution in [-0.2, 0) is 4.79 Å². The molecule has 5 nitrogen and oxygen atoms in total. The Balaban J connectivity index is 2.03. The summed E-state index contributed by atoms with van der Waals surface area (Å²) in [5, 5.41) is 11.9. The molecule has 1 heterocycles. The van der Waals surface area contributed by atoms with Gasteiger partial charge in [-0.1, -0.05) is 13.0 Å². The van der Waals surface area contributed by atoms with E-state index >= 15 is 0 Å². The Bertz CT molecular complexity index is 521. The highest BCUT2D eigenvalue weighted by Crippen LogP contribution is 2.22. The molecule has 6 heteroatoms. The number of anilines is 1. The average molecular weight is 388 g/mol. The summed E-state index contributed by atoms with van der Waals surface area (Å²) in [4.78, 5) is 24.9. The molecule has 2 unspecified atom stereocenters. The maximum atomic E-state index is 12.2. The van der Waals surface area contributed by atoms with Gasteiger partial charge in [-0.25, -0.2) is 4.79 Å². The van der Waals surface area contributed by atoms with Crippen molar-refractivity contribution in [1.82, 2.24) is 4.90 Å². The third kappa shape index (κ3) is 3.84. The number of carboxylic acids is 1. The van der Waals surface area contributed by atoms with Crippen LogP contribution >= 0.6 is 22.6 Å². The Morgan fingerprint density at radius 2 is 2.15 bits per heavy atom. The monoisotopic (exact) mass is 388 g/mol. The zero-order valence-corrected chi connectivity index (χ0v) is 13.3. The number of carbonyl (C=O) groups is 2. The Morgan fingerprint density at radius 3 is 2.80 bits per heavy atom. The predicted molar refractivity (Wildman–Crippen MR) is 84.7 cm³/mol. The minimum atomic E-state index is -0.830. The van der Waals surface area contributed by atoms with E-state index in [0.717, 1.165) is 9.26 Å². The summed E-state index contributed by atoms with van der Waals surface area (Å²) in [6.07, 6.45) is 0.627. The molecule has 2 N–H and O–H groups in total. The fourth-order valence-electron chi connectivity index (χ4n) is 2.47. The van der Waals surface area contributed by atoms with Crippen LogP contribution in [0.15, 0.2) is 24.3 Å². The summed E-state index contributed by atoms with van der Waals surface area (Å²) in [5.74, 6) is -1.10. The minimum absolute atomic E-state index is 0.200. The van der Waals surface area contributed by atoms with E-state index in [0.29, 0.717) is 13.0 Å². The van der Waals surface area contributed by atoms with Crippen LogP contribution in [0, 0.1) is 15.4 Å². The van der Waals surface area contributed by atoms with Gasteiger partial charge >= 0.3 is 12.0 Å². The second kappa shape index (κ2) is 6.43. The summed E-state index contributed by atoms with van der Waals surface area (Å²) in [6, 6.07) is 7.28. The molecule has 20 heavy (non-hydrogen) atoms. The van der Waals surface area contributed by atoms with E-state index in [2.05, 4.69) is 27.9 Å². The Hall–Kier alpha value is -1.31. The number of urea groups is 1. The van der Waals surface area contributed by atoms with Gasteiger partial charge in [-0.2, -0.15) is 0 Å². The first-order chi connectivity index (χ1) is 9.45. The molecule has 1 fully saturated rings. The van der Waals surface area contributed by atoms with Crippen LogP contribution in [0.4, 0.5) is 10.5 Å². The largest absolute Gasteiger partial charge is 0.481 e. The topological polar surface area (TPSA) is 69.6 Å². The van der Waals surface area contributed by atoms with Crippen LogP contribution in [-0.4, -0.2) is 35.1 Å². The average Bonchev–Trinajstić information content (AvgIpc) is 2.37. The second-order valence-corrected chi connectivity index (χ2v) is 6.47. The second-order valence-electron chi connectivity index (χ2n) is 5.22. The highest BCUT2D eigenvalue weighted by atomic mass is 127. The van der Waals surface area contributed by atoms with E-state index in [4.69, 9.17) is 5.11 Å². The van der Waals surface area contributed by atoms with E-state index in [9.17, 15) is 9.59 Å². The Labute approximate surface area is 131 Å². The van der Waals surface area contributed by atoms with E-state index < -0.39 is 11.9 Å². The van der Waals surface area contributed by atoms with Gasteiger partial charge in [0, 0.05) is 22.3 Å². The first-order valence-corrected chi connectivity index (χ1v) is 7.58. The Morgan fingerprint density at radius 1 is 1.40 bits per heavy atom. The lowest BCUT2D eigenvalue weighted by atomic mass is 9.91. The van der Waals surface area contributed by atoms with Crippen LogP contribution in [0.2, 0.25) is 0 Å². The number of hydrogen-bond acceptors (Lipinski definition) is 2. The lowest BCUT2D eigenvalue weighted by molar-refractivity contribution is -0.143. The van der Waals surface area contributed by atoms with Crippen molar-refractivity contribution in [2.24, 2.45) is 11.8 Å². The molecule has 0 aliphatic carbocycles. The van der Waals surface area contributed by atoms with E-state index in [1.54, 1.807) is 4.90 Å². The molecule has 0 aromatic heterocycles. The van der Waals surface area contributed by atoms with Gasteiger partial charge in [-0.15, -0.1) is 0 Å². The molecule has 0 spiro atoms. The number of likely N-dealkylation sites (tertiary alicyclic amines) is 1. The number of nitrogens with one attached hydrogen (secondary N) is 1. The third-order valence-electron chi connectivity index (χ3n) is 3.37. The van der Waals surface area contributed by atoms with Gasteiger partial charge < -0.3 is 15.3 Å². The third-order valence-corrected chi connectivity index (χ3v) is 4.04.